The summed E-state index contributed by atoms with van der Waals surface area (Å²) in [4.78, 5) is -0.222. The zero-order chi connectivity index (χ0) is 13.4. The van der Waals surface area contributed by atoms with Crippen molar-refractivity contribution in [1.82, 2.24) is 4.72 Å². The van der Waals surface area contributed by atoms with Gasteiger partial charge in [0, 0.05) is 5.69 Å². The Hall–Kier alpha value is -1.18. The SMILES string of the molecule is Nc1cc(F)cc(S(=O)(=O)NC2(CO)CCC2)c1. The van der Waals surface area contributed by atoms with E-state index in [0.717, 1.165) is 18.6 Å². The Kier molecular flexibility index (Phi) is 3.31. The first kappa shape index (κ1) is 13.3. The van der Waals surface area contributed by atoms with Crippen molar-refractivity contribution >= 4 is 15.7 Å². The summed E-state index contributed by atoms with van der Waals surface area (Å²) in [5, 5.41) is 9.23. The lowest BCUT2D eigenvalue weighted by molar-refractivity contribution is 0.110. The van der Waals surface area contributed by atoms with E-state index in [0.29, 0.717) is 12.8 Å². The van der Waals surface area contributed by atoms with Crippen LogP contribution in [0.3, 0.4) is 0 Å². The molecule has 0 bridgehead atoms. The third kappa shape index (κ3) is 2.47. The quantitative estimate of drug-likeness (QED) is 0.701. The molecule has 0 aromatic heterocycles. The zero-order valence-electron chi connectivity index (χ0n) is 9.69. The molecule has 0 spiro atoms. The molecular weight excluding hydrogens is 259 g/mol. The number of benzene rings is 1. The molecule has 1 aliphatic rings. The van der Waals surface area contributed by atoms with Crippen LogP contribution in [0.4, 0.5) is 10.1 Å². The largest absolute Gasteiger partial charge is 0.399 e. The molecule has 1 aromatic carbocycles. The number of aliphatic hydroxyl groups is 1. The molecule has 18 heavy (non-hydrogen) atoms. The van der Waals surface area contributed by atoms with E-state index in [4.69, 9.17) is 5.73 Å². The highest BCUT2D eigenvalue weighted by molar-refractivity contribution is 7.89. The number of sulfonamides is 1. The van der Waals surface area contributed by atoms with Crippen molar-refractivity contribution < 1.29 is 17.9 Å². The molecule has 1 fully saturated rings. The molecule has 0 unspecified atom stereocenters. The summed E-state index contributed by atoms with van der Waals surface area (Å²) < 4.78 is 39.7. The van der Waals surface area contributed by atoms with E-state index in [-0.39, 0.29) is 17.2 Å². The Morgan fingerprint density at radius 2 is 2.06 bits per heavy atom. The highest BCUT2D eigenvalue weighted by atomic mass is 32.2. The Balaban J connectivity index is 2.30. The van der Waals surface area contributed by atoms with E-state index in [1.165, 1.54) is 6.07 Å². The maximum Gasteiger partial charge on any atom is 0.241 e. The lowest BCUT2D eigenvalue weighted by Gasteiger charge is -2.40. The number of anilines is 1. The molecule has 2 rings (SSSR count). The number of rotatable bonds is 4. The smallest absolute Gasteiger partial charge is 0.241 e. The second kappa shape index (κ2) is 4.49. The van der Waals surface area contributed by atoms with Gasteiger partial charge in [-0.1, -0.05) is 0 Å². The van der Waals surface area contributed by atoms with Gasteiger partial charge in [-0.25, -0.2) is 17.5 Å². The molecule has 5 nitrogen and oxygen atoms in total. The number of aliphatic hydroxyl groups excluding tert-OH is 1. The van der Waals surface area contributed by atoms with Gasteiger partial charge in [-0.2, -0.15) is 0 Å². The summed E-state index contributed by atoms with van der Waals surface area (Å²) in [6.45, 7) is -0.267. The van der Waals surface area contributed by atoms with Gasteiger partial charge < -0.3 is 10.8 Å². The van der Waals surface area contributed by atoms with Crippen molar-refractivity contribution in [1.29, 1.82) is 0 Å². The first-order valence-electron chi connectivity index (χ1n) is 5.58. The van der Waals surface area contributed by atoms with Crippen LogP contribution in [-0.2, 0) is 10.0 Å². The van der Waals surface area contributed by atoms with Gasteiger partial charge in [0.1, 0.15) is 5.82 Å². The third-order valence-corrected chi connectivity index (χ3v) is 4.73. The monoisotopic (exact) mass is 274 g/mol. The van der Waals surface area contributed by atoms with Crippen LogP contribution in [0.2, 0.25) is 0 Å². The van der Waals surface area contributed by atoms with E-state index in [2.05, 4.69) is 4.72 Å². The van der Waals surface area contributed by atoms with Crippen LogP contribution in [0.25, 0.3) is 0 Å². The van der Waals surface area contributed by atoms with Gasteiger partial charge in [0.25, 0.3) is 0 Å². The van der Waals surface area contributed by atoms with Gasteiger partial charge in [0.05, 0.1) is 17.0 Å². The van der Waals surface area contributed by atoms with Gasteiger partial charge in [-0.05, 0) is 37.5 Å². The fraction of sp³-hybridized carbons (Fsp3) is 0.455. The average molecular weight is 274 g/mol. The molecule has 1 saturated carbocycles. The normalized spacial score (nSPS) is 18.3. The summed E-state index contributed by atoms with van der Waals surface area (Å²) in [7, 11) is -3.87. The summed E-state index contributed by atoms with van der Waals surface area (Å²) in [6, 6.07) is 3.14. The highest BCUT2D eigenvalue weighted by Gasteiger charge is 2.40. The molecule has 0 radical (unpaired) electrons. The van der Waals surface area contributed by atoms with E-state index in [1.807, 2.05) is 0 Å². The number of hydrogen-bond donors (Lipinski definition) is 3. The van der Waals surface area contributed by atoms with Crippen molar-refractivity contribution in [3.63, 3.8) is 0 Å². The standard InChI is InChI=1S/C11H15FN2O3S/c12-8-4-9(13)6-10(5-8)18(16,17)14-11(7-15)2-1-3-11/h4-6,14-15H,1-3,7,13H2. The molecule has 0 heterocycles. The maximum atomic E-state index is 13.1. The highest BCUT2D eigenvalue weighted by Crippen LogP contribution is 2.33. The van der Waals surface area contributed by atoms with Crippen LogP contribution in [-0.4, -0.2) is 25.7 Å². The van der Waals surface area contributed by atoms with Crippen LogP contribution in [0, 0.1) is 5.82 Å². The van der Waals surface area contributed by atoms with E-state index in [9.17, 15) is 17.9 Å². The van der Waals surface area contributed by atoms with Crippen molar-refractivity contribution in [3.8, 4) is 0 Å². The minimum Gasteiger partial charge on any atom is -0.399 e. The minimum atomic E-state index is -3.87. The van der Waals surface area contributed by atoms with E-state index >= 15 is 0 Å². The maximum absolute atomic E-state index is 13.1. The third-order valence-electron chi connectivity index (χ3n) is 3.17. The Bertz CT molecular complexity index is 530. The predicted octanol–water partition coefficient (Wildman–Crippen LogP) is 0.601. The summed E-state index contributed by atoms with van der Waals surface area (Å²) in [5.41, 5.74) is 4.66. The van der Waals surface area contributed by atoms with E-state index < -0.39 is 21.4 Å². The average Bonchev–Trinajstić information content (AvgIpc) is 2.22. The van der Waals surface area contributed by atoms with Crippen LogP contribution in [0.5, 0.6) is 0 Å². The molecule has 0 saturated heterocycles. The Morgan fingerprint density at radius 3 is 2.50 bits per heavy atom. The molecule has 0 atom stereocenters. The molecule has 4 N–H and O–H groups in total. The van der Waals surface area contributed by atoms with Crippen molar-refractivity contribution in [2.75, 3.05) is 12.3 Å². The van der Waals surface area contributed by atoms with Crippen molar-refractivity contribution in [2.24, 2.45) is 0 Å². The van der Waals surface area contributed by atoms with Crippen molar-refractivity contribution in [3.05, 3.63) is 24.0 Å². The lowest BCUT2D eigenvalue weighted by atomic mass is 9.78. The second-order valence-corrected chi connectivity index (χ2v) is 6.30. The number of hydrogen-bond acceptors (Lipinski definition) is 4. The second-order valence-electron chi connectivity index (χ2n) is 4.62. The van der Waals surface area contributed by atoms with Gasteiger partial charge in [0.2, 0.25) is 10.0 Å². The summed E-state index contributed by atoms with van der Waals surface area (Å²) >= 11 is 0. The summed E-state index contributed by atoms with van der Waals surface area (Å²) in [6.07, 6.45) is 2.01. The van der Waals surface area contributed by atoms with Crippen LogP contribution >= 0.6 is 0 Å². The van der Waals surface area contributed by atoms with Crippen molar-refractivity contribution in [2.45, 2.75) is 29.7 Å². The Labute approximate surface area is 105 Å². The van der Waals surface area contributed by atoms with Gasteiger partial charge in [0.15, 0.2) is 0 Å². The fourth-order valence-corrected chi connectivity index (χ4v) is 3.50. The molecule has 1 aromatic rings. The fourth-order valence-electron chi connectivity index (χ4n) is 1.98. The number of halogens is 1. The zero-order valence-corrected chi connectivity index (χ0v) is 10.5. The first-order valence-corrected chi connectivity index (χ1v) is 7.06. The van der Waals surface area contributed by atoms with Crippen LogP contribution < -0.4 is 10.5 Å². The molecule has 7 heteroatoms. The summed E-state index contributed by atoms with van der Waals surface area (Å²) in [5.74, 6) is -0.706. The van der Waals surface area contributed by atoms with Gasteiger partial charge in [-0.3, -0.25) is 0 Å². The molecule has 0 aliphatic heterocycles. The molecule has 1 aliphatic carbocycles. The predicted molar refractivity (Wildman–Crippen MR) is 64.8 cm³/mol. The van der Waals surface area contributed by atoms with Gasteiger partial charge >= 0.3 is 0 Å². The first-order chi connectivity index (χ1) is 8.37. The van der Waals surface area contributed by atoms with Crippen LogP contribution in [0.15, 0.2) is 23.1 Å². The molecule has 100 valence electrons. The molecule has 0 amide bonds. The minimum absolute atomic E-state index is 0.0435. The number of nitrogens with one attached hydrogen (secondary N) is 1. The van der Waals surface area contributed by atoms with Gasteiger partial charge in [-0.15, -0.1) is 0 Å². The van der Waals surface area contributed by atoms with Crippen LogP contribution in [0.1, 0.15) is 19.3 Å². The lowest BCUT2D eigenvalue weighted by Crippen LogP contribution is -2.55. The topological polar surface area (TPSA) is 92.4 Å². The number of nitrogen functional groups attached to an aromatic ring is 1. The number of nitrogens with two attached hydrogens (primary N) is 1. The Morgan fingerprint density at radius 1 is 1.39 bits per heavy atom. The molecular formula is C11H15FN2O3S. The van der Waals surface area contributed by atoms with E-state index in [1.54, 1.807) is 0 Å².